The van der Waals surface area contributed by atoms with Crippen molar-refractivity contribution in [3.8, 4) is 0 Å². The van der Waals surface area contributed by atoms with Gasteiger partial charge in [-0.15, -0.1) is 0 Å². The molecule has 0 aliphatic carbocycles. The Labute approximate surface area is 106 Å². The Hall–Kier alpha value is -1.06. The number of ether oxygens (including phenoxy) is 1. The highest BCUT2D eigenvalue weighted by atomic mass is 35.5. The van der Waals surface area contributed by atoms with Gasteiger partial charge < -0.3 is 9.64 Å². The van der Waals surface area contributed by atoms with Gasteiger partial charge in [-0.05, 0) is 25.0 Å². The number of piperidine rings is 1. The summed E-state index contributed by atoms with van der Waals surface area (Å²) in [5, 5.41) is 0.520. The van der Waals surface area contributed by atoms with Crippen LogP contribution in [0.3, 0.4) is 0 Å². The number of hydrogen-bond acceptors (Lipinski definition) is 2. The molecule has 0 N–H and O–H groups in total. The Morgan fingerprint density at radius 2 is 2.00 bits per heavy atom. The van der Waals surface area contributed by atoms with Gasteiger partial charge in [0.2, 0.25) is 0 Å². The highest BCUT2D eigenvalue weighted by Crippen LogP contribution is 2.20. The third-order valence-corrected chi connectivity index (χ3v) is 3.50. The molecule has 1 amide bonds. The normalized spacial score (nSPS) is 17.2. The fraction of sp³-hybridized carbons (Fsp3) is 0.462. The second kappa shape index (κ2) is 5.52. The van der Waals surface area contributed by atoms with E-state index in [2.05, 4.69) is 0 Å². The van der Waals surface area contributed by atoms with Crippen LogP contribution in [0.15, 0.2) is 24.3 Å². The van der Waals surface area contributed by atoms with Crippen molar-refractivity contribution in [3.05, 3.63) is 34.9 Å². The molecule has 0 radical (unpaired) electrons. The predicted molar refractivity (Wildman–Crippen MR) is 67.4 cm³/mol. The third kappa shape index (κ3) is 2.79. The molecule has 0 unspecified atom stereocenters. The van der Waals surface area contributed by atoms with Crippen molar-refractivity contribution >= 4 is 17.5 Å². The Morgan fingerprint density at radius 3 is 2.59 bits per heavy atom. The molecule has 1 aliphatic heterocycles. The van der Waals surface area contributed by atoms with Gasteiger partial charge in [-0.25, -0.2) is 0 Å². The van der Waals surface area contributed by atoms with Gasteiger partial charge in [0.15, 0.2) is 0 Å². The first kappa shape index (κ1) is 12.4. The van der Waals surface area contributed by atoms with E-state index in [9.17, 15) is 4.79 Å². The summed E-state index contributed by atoms with van der Waals surface area (Å²) in [5.74, 6) is 0.0187. The number of benzene rings is 1. The van der Waals surface area contributed by atoms with Crippen molar-refractivity contribution < 1.29 is 9.53 Å². The zero-order valence-corrected chi connectivity index (χ0v) is 10.6. The van der Waals surface area contributed by atoms with E-state index in [4.69, 9.17) is 16.3 Å². The zero-order chi connectivity index (χ0) is 12.3. The Kier molecular flexibility index (Phi) is 4.02. The monoisotopic (exact) mass is 253 g/mol. The lowest BCUT2D eigenvalue weighted by atomic mass is 10.1. The van der Waals surface area contributed by atoms with Crippen molar-refractivity contribution in [2.75, 3.05) is 20.2 Å². The molecule has 17 heavy (non-hydrogen) atoms. The minimum atomic E-state index is 0.0187. The summed E-state index contributed by atoms with van der Waals surface area (Å²) in [4.78, 5) is 14.1. The second-order valence-electron chi connectivity index (χ2n) is 4.21. The van der Waals surface area contributed by atoms with E-state index < -0.39 is 0 Å². The molecule has 0 saturated carbocycles. The smallest absolute Gasteiger partial charge is 0.255 e. The Bertz CT molecular complexity index is 400. The van der Waals surface area contributed by atoms with Crippen molar-refractivity contribution in [2.45, 2.75) is 18.9 Å². The van der Waals surface area contributed by atoms with Gasteiger partial charge in [-0.3, -0.25) is 4.79 Å². The first-order valence-electron chi connectivity index (χ1n) is 5.79. The lowest BCUT2D eigenvalue weighted by Gasteiger charge is -2.31. The summed E-state index contributed by atoms with van der Waals surface area (Å²) in [5.41, 5.74) is 0.588. The van der Waals surface area contributed by atoms with Crippen LogP contribution in [-0.2, 0) is 4.74 Å². The summed E-state index contributed by atoms with van der Waals surface area (Å²) in [7, 11) is 1.72. The number of methoxy groups -OCH3 is 1. The highest BCUT2D eigenvalue weighted by molar-refractivity contribution is 6.33. The first-order chi connectivity index (χ1) is 8.22. The van der Waals surface area contributed by atoms with Crippen molar-refractivity contribution in [3.63, 3.8) is 0 Å². The molecule has 4 heteroatoms. The van der Waals surface area contributed by atoms with Gasteiger partial charge in [0.05, 0.1) is 16.7 Å². The Balaban J connectivity index is 2.04. The van der Waals surface area contributed by atoms with Crippen LogP contribution >= 0.6 is 11.6 Å². The number of halogens is 1. The van der Waals surface area contributed by atoms with Gasteiger partial charge in [0.25, 0.3) is 5.91 Å². The lowest BCUT2D eigenvalue weighted by molar-refractivity contribution is 0.0351. The quantitative estimate of drug-likeness (QED) is 0.811. The van der Waals surface area contributed by atoms with E-state index >= 15 is 0 Å². The van der Waals surface area contributed by atoms with Crippen LogP contribution < -0.4 is 0 Å². The topological polar surface area (TPSA) is 29.5 Å². The van der Waals surface area contributed by atoms with Crippen LogP contribution in [0.4, 0.5) is 0 Å². The number of rotatable bonds is 2. The van der Waals surface area contributed by atoms with Crippen LogP contribution in [0, 0.1) is 0 Å². The van der Waals surface area contributed by atoms with Crippen molar-refractivity contribution in [1.29, 1.82) is 0 Å². The van der Waals surface area contributed by atoms with E-state index in [0.29, 0.717) is 10.6 Å². The SMILES string of the molecule is COC1CCN(C(=O)c2ccccc2Cl)CC1. The van der Waals surface area contributed by atoms with Crippen molar-refractivity contribution in [2.24, 2.45) is 0 Å². The third-order valence-electron chi connectivity index (χ3n) is 3.17. The fourth-order valence-electron chi connectivity index (χ4n) is 2.10. The summed E-state index contributed by atoms with van der Waals surface area (Å²) in [6.07, 6.45) is 2.07. The minimum absolute atomic E-state index is 0.0187. The van der Waals surface area contributed by atoms with E-state index in [-0.39, 0.29) is 12.0 Å². The number of carbonyl (C=O) groups excluding carboxylic acids is 1. The number of nitrogens with zero attached hydrogens (tertiary/aromatic N) is 1. The highest BCUT2D eigenvalue weighted by Gasteiger charge is 2.24. The number of likely N-dealkylation sites (tertiary alicyclic amines) is 1. The van der Waals surface area contributed by atoms with Gasteiger partial charge in [0.1, 0.15) is 0 Å². The molecule has 1 aromatic carbocycles. The van der Waals surface area contributed by atoms with Gasteiger partial charge in [-0.1, -0.05) is 23.7 Å². The summed E-state index contributed by atoms with van der Waals surface area (Å²) in [6, 6.07) is 7.18. The first-order valence-corrected chi connectivity index (χ1v) is 6.16. The standard InChI is InChI=1S/C13H16ClNO2/c1-17-10-6-8-15(9-7-10)13(16)11-4-2-3-5-12(11)14/h2-5,10H,6-9H2,1H3. The fourth-order valence-corrected chi connectivity index (χ4v) is 2.32. The van der Waals surface area contributed by atoms with E-state index in [1.165, 1.54) is 0 Å². The molecular weight excluding hydrogens is 238 g/mol. The van der Waals surface area contributed by atoms with Crippen LogP contribution in [0.5, 0.6) is 0 Å². The van der Waals surface area contributed by atoms with E-state index in [1.54, 1.807) is 19.2 Å². The molecule has 0 spiro atoms. The molecule has 1 heterocycles. The Morgan fingerprint density at radius 1 is 1.35 bits per heavy atom. The number of hydrogen-bond donors (Lipinski definition) is 0. The molecule has 0 bridgehead atoms. The van der Waals surface area contributed by atoms with Crippen LogP contribution in [-0.4, -0.2) is 37.1 Å². The second-order valence-corrected chi connectivity index (χ2v) is 4.61. The van der Waals surface area contributed by atoms with Crippen molar-refractivity contribution in [1.82, 2.24) is 4.90 Å². The molecule has 0 atom stereocenters. The molecule has 1 fully saturated rings. The molecule has 92 valence electrons. The average Bonchev–Trinajstić information content (AvgIpc) is 2.39. The van der Waals surface area contributed by atoms with Gasteiger partial charge in [0, 0.05) is 20.2 Å². The lowest BCUT2D eigenvalue weighted by Crippen LogP contribution is -2.40. The maximum absolute atomic E-state index is 12.2. The maximum Gasteiger partial charge on any atom is 0.255 e. The van der Waals surface area contributed by atoms with E-state index in [1.807, 2.05) is 17.0 Å². The average molecular weight is 254 g/mol. The molecule has 1 saturated heterocycles. The predicted octanol–water partition coefficient (Wildman–Crippen LogP) is 2.59. The molecule has 1 aliphatic rings. The van der Waals surface area contributed by atoms with E-state index in [0.717, 1.165) is 25.9 Å². The molecule has 3 nitrogen and oxygen atoms in total. The number of carbonyl (C=O) groups is 1. The zero-order valence-electron chi connectivity index (χ0n) is 9.86. The van der Waals surface area contributed by atoms with Crippen LogP contribution in [0.1, 0.15) is 23.2 Å². The van der Waals surface area contributed by atoms with Gasteiger partial charge in [-0.2, -0.15) is 0 Å². The molecule has 1 aromatic rings. The number of amides is 1. The largest absolute Gasteiger partial charge is 0.381 e. The molecule has 0 aromatic heterocycles. The van der Waals surface area contributed by atoms with Crippen LogP contribution in [0.25, 0.3) is 0 Å². The molecular formula is C13H16ClNO2. The van der Waals surface area contributed by atoms with Crippen LogP contribution in [0.2, 0.25) is 5.02 Å². The molecule has 2 rings (SSSR count). The minimum Gasteiger partial charge on any atom is -0.381 e. The summed E-state index contributed by atoms with van der Waals surface area (Å²) < 4.78 is 5.28. The summed E-state index contributed by atoms with van der Waals surface area (Å²) >= 11 is 6.02. The maximum atomic E-state index is 12.2. The van der Waals surface area contributed by atoms with Gasteiger partial charge >= 0.3 is 0 Å². The summed E-state index contributed by atoms with van der Waals surface area (Å²) in [6.45, 7) is 1.48.